The first kappa shape index (κ1) is 26.0. The van der Waals surface area contributed by atoms with Gasteiger partial charge in [-0.3, -0.25) is 4.90 Å². The van der Waals surface area contributed by atoms with Crippen LogP contribution in [-0.2, 0) is 10.0 Å². The number of hydrogen-bond donors (Lipinski definition) is 1. The summed E-state index contributed by atoms with van der Waals surface area (Å²) in [5, 5.41) is 0. The van der Waals surface area contributed by atoms with Crippen LogP contribution in [0.5, 0.6) is 0 Å². The fraction of sp³-hybridized carbons (Fsp3) is 0.308. The molecule has 1 heterocycles. The van der Waals surface area contributed by atoms with E-state index in [0.717, 1.165) is 29.1 Å². The summed E-state index contributed by atoms with van der Waals surface area (Å²) in [6.07, 6.45) is 0. The van der Waals surface area contributed by atoms with E-state index >= 15 is 0 Å². The molecule has 3 aromatic rings. The number of nitrogens with zero attached hydrogens (tertiary/aromatic N) is 3. The summed E-state index contributed by atoms with van der Waals surface area (Å²) in [4.78, 5) is 5.71. The average Bonchev–Trinajstić information content (AvgIpc) is 2.85. The molecule has 10 heteroatoms. The van der Waals surface area contributed by atoms with Crippen molar-refractivity contribution in [3.05, 3.63) is 89.7 Å². The van der Waals surface area contributed by atoms with E-state index in [1.807, 2.05) is 43.3 Å². The van der Waals surface area contributed by atoms with E-state index in [1.165, 1.54) is 12.1 Å². The zero-order valence-electron chi connectivity index (χ0n) is 20.2. The number of halogens is 3. The van der Waals surface area contributed by atoms with E-state index in [-0.39, 0.29) is 18.4 Å². The lowest BCUT2D eigenvalue weighted by molar-refractivity contribution is 0.187. The molecule has 0 aliphatic carbocycles. The molecule has 6 nitrogen and oxygen atoms in total. The van der Waals surface area contributed by atoms with Gasteiger partial charge in [-0.2, -0.15) is 0 Å². The van der Waals surface area contributed by atoms with Gasteiger partial charge in [-0.1, -0.05) is 12.1 Å². The number of piperazine rings is 1. The Balaban J connectivity index is 1.53. The van der Waals surface area contributed by atoms with E-state index in [4.69, 9.17) is 0 Å². The summed E-state index contributed by atoms with van der Waals surface area (Å²) in [7, 11) is -0.327. The Morgan fingerprint density at radius 2 is 1.47 bits per heavy atom. The molecule has 0 amide bonds. The average molecular weight is 519 g/mol. The molecular formula is C26H29F3N4O2S. The minimum absolute atomic E-state index is 0.0109. The second-order valence-corrected chi connectivity index (χ2v) is 10.7. The van der Waals surface area contributed by atoms with Gasteiger partial charge < -0.3 is 9.80 Å². The predicted molar refractivity (Wildman–Crippen MR) is 135 cm³/mol. The maximum absolute atomic E-state index is 14.2. The predicted octanol–water partition coefficient (Wildman–Crippen LogP) is 4.01. The molecule has 0 spiro atoms. The molecule has 3 aromatic carbocycles. The van der Waals surface area contributed by atoms with Crippen molar-refractivity contribution in [1.82, 2.24) is 9.62 Å². The van der Waals surface area contributed by atoms with Crippen LogP contribution in [0.1, 0.15) is 11.6 Å². The number of sulfonamides is 1. The molecule has 1 aliphatic heterocycles. The first-order chi connectivity index (χ1) is 17.1. The molecular weight excluding hydrogens is 489 g/mol. The van der Waals surface area contributed by atoms with Crippen molar-refractivity contribution < 1.29 is 21.6 Å². The third-order valence-electron chi connectivity index (χ3n) is 6.39. The van der Waals surface area contributed by atoms with Crippen molar-refractivity contribution in [1.29, 1.82) is 0 Å². The standard InChI is InChI=1S/C26H29F3N4O2S/c1-31(2)22-8-3-19(4-9-22)25(18-30-36(34,35)26-12-7-21(28)17-24(26)29)33-15-13-32(14-16-33)23-10-5-20(27)6-11-23/h3-12,17,25,30H,13-16,18H2,1-2H3. The van der Waals surface area contributed by atoms with Crippen LogP contribution < -0.4 is 14.5 Å². The number of anilines is 2. The zero-order valence-corrected chi connectivity index (χ0v) is 21.0. The van der Waals surface area contributed by atoms with Crippen LogP contribution in [0, 0.1) is 17.5 Å². The largest absolute Gasteiger partial charge is 0.378 e. The monoisotopic (exact) mass is 518 g/mol. The van der Waals surface area contributed by atoms with Gasteiger partial charge in [-0.25, -0.2) is 26.3 Å². The number of hydrogen-bond acceptors (Lipinski definition) is 5. The minimum Gasteiger partial charge on any atom is -0.378 e. The Kier molecular flexibility index (Phi) is 7.87. The van der Waals surface area contributed by atoms with Crippen molar-refractivity contribution >= 4 is 21.4 Å². The van der Waals surface area contributed by atoms with Crippen LogP contribution in [0.4, 0.5) is 24.5 Å². The Labute approximate surface area is 210 Å². The summed E-state index contributed by atoms with van der Waals surface area (Å²) in [5.41, 5.74) is 2.85. The Hall–Kier alpha value is -3.08. The highest BCUT2D eigenvalue weighted by atomic mass is 32.2. The third kappa shape index (κ3) is 6.00. The van der Waals surface area contributed by atoms with E-state index < -0.39 is 26.6 Å². The smallest absolute Gasteiger partial charge is 0.243 e. The van der Waals surface area contributed by atoms with Crippen LogP contribution in [0.15, 0.2) is 71.6 Å². The fourth-order valence-electron chi connectivity index (χ4n) is 4.36. The normalized spacial score (nSPS) is 15.6. The highest BCUT2D eigenvalue weighted by Gasteiger charge is 2.28. The lowest BCUT2D eigenvalue weighted by Crippen LogP contribution is -2.50. The van der Waals surface area contributed by atoms with Crippen molar-refractivity contribution in [2.24, 2.45) is 0 Å². The number of rotatable bonds is 8. The molecule has 0 bridgehead atoms. The SMILES string of the molecule is CN(C)c1ccc(C(CNS(=O)(=O)c2ccc(F)cc2F)N2CCN(c3ccc(F)cc3)CC2)cc1. The quantitative estimate of drug-likeness (QED) is 0.489. The van der Waals surface area contributed by atoms with Crippen LogP contribution in [-0.4, -0.2) is 60.1 Å². The molecule has 0 radical (unpaired) electrons. The third-order valence-corrected chi connectivity index (χ3v) is 7.85. The lowest BCUT2D eigenvalue weighted by atomic mass is 10.0. The van der Waals surface area contributed by atoms with E-state index in [2.05, 4.69) is 14.5 Å². The summed E-state index contributed by atoms with van der Waals surface area (Å²) >= 11 is 0. The molecule has 1 N–H and O–H groups in total. The summed E-state index contributed by atoms with van der Waals surface area (Å²) in [6.45, 7) is 2.65. The fourth-order valence-corrected chi connectivity index (χ4v) is 5.45. The van der Waals surface area contributed by atoms with Crippen LogP contribution in [0.2, 0.25) is 0 Å². The van der Waals surface area contributed by atoms with Crippen molar-refractivity contribution in [3.8, 4) is 0 Å². The highest BCUT2D eigenvalue weighted by Crippen LogP contribution is 2.27. The number of nitrogens with one attached hydrogen (secondary N) is 1. The van der Waals surface area contributed by atoms with Gasteiger partial charge >= 0.3 is 0 Å². The Morgan fingerprint density at radius 1 is 0.861 bits per heavy atom. The maximum Gasteiger partial charge on any atom is 0.243 e. The first-order valence-electron chi connectivity index (χ1n) is 11.6. The molecule has 36 heavy (non-hydrogen) atoms. The molecule has 1 unspecified atom stereocenters. The molecule has 1 saturated heterocycles. The van der Waals surface area contributed by atoms with Crippen molar-refractivity contribution in [3.63, 3.8) is 0 Å². The van der Waals surface area contributed by atoms with Crippen LogP contribution >= 0.6 is 0 Å². The van der Waals surface area contributed by atoms with Crippen LogP contribution in [0.3, 0.4) is 0 Å². The molecule has 192 valence electrons. The van der Waals surface area contributed by atoms with E-state index in [0.29, 0.717) is 32.2 Å². The Morgan fingerprint density at radius 3 is 2.06 bits per heavy atom. The number of benzene rings is 3. The first-order valence-corrected chi connectivity index (χ1v) is 13.1. The summed E-state index contributed by atoms with van der Waals surface area (Å²) in [5.74, 6) is -2.27. The molecule has 1 aliphatic rings. The molecule has 4 rings (SSSR count). The van der Waals surface area contributed by atoms with Gasteiger partial charge in [0.2, 0.25) is 10.0 Å². The minimum atomic E-state index is -4.20. The molecule has 1 atom stereocenters. The Bertz CT molecular complexity index is 1280. The molecule has 0 aromatic heterocycles. The summed E-state index contributed by atoms with van der Waals surface area (Å²) in [6, 6.07) is 16.3. The van der Waals surface area contributed by atoms with Gasteiger partial charge in [-0.05, 0) is 54.1 Å². The van der Waals surface area contributed by atoms with Gasteiger partial charge in [0.15, 0.2) is 0 Å². The van der Waals surface area contributed by atoms with Gasteiger partial charge in [0, 0.05) is 70.3 Å². The lowest BCUT2D eigenvalue weighted by Gasteiger charge is -2.40. The zero-order chi connectivity index (χ0) is 25.9. The van der Waals surface area contributed by atoms with Gasteiger partial charge in [-0.15, -0.1) is 0 Å². The molecule has 1 fully saturated rings. The van der Waals surface area contributed by atoms with Crippen molar-refractivity contribution in [2.45, 2.75) is 10.9 Å². The van der Waals surface area contributed by atoms with Gasteiger partial charge in [0.05, 0.1) is 0 Å². The topological polar surface area (TPSA) is 55.9 Å². The highest BCUT2D eigenvalue weighted by molar-refractivity contribution is 7.89. The van der Waals surface area contributed by atoms with Gasteiger partial charge in [0.25, 0.3) is 0 Å². The van der Waals surface area contributed by atoms with E-state index in [9.17, 15) is 21.6 Å². The second kappa shape index (κ2) is 10.9. The van der Waals surface area contributed by atoms with Crippen molar-refractivity contribution in [2.75, 3.05) is 56.6 Å². The summed E-state index contributed by atoms with van der Waals surface area (Å²) < 4.78 is 69.0. The van der Waals surface area contributed by atoms with E-state index in [1.54, 1.807) is 12.1 Å². The second-order valence-electron chi connectivity index (χ2n) is 8.93. The molecule has 0 saturated carbocycles. The van der Waals surface area contributed by atoms with Gasteiger partial charge in [0.1, 0.15) is 22.3 Å². The maximum atomic E-state index is 14.2. The van der Waals surface area contributed by atoms with Crippen LogP contribution in [0.25, 0.3) is 0 Å².